The van der Waals surface area contributed by atoms with Crippen molar-refractivity contribution in [2.45, 2.75) is 0 Å². The Morgan fingerprint density at radius 2 is 0.562 bits per heavy atom. The summed E-state index contributed by atoms with van der Waals surface area (Å²) in [7, 11) is 0. The van der Waals surface area contributed by atoms with Gasteiger partial charge in [0, 0.05) is 16.7 Å². The summed E-state index contributed by atoms with van der Waals surface area (Å²) in [4.78, 5) is 15.2. The van der Waals surface area contributed by atoms with Gasteiger partial charge in [-0.05, 0) is 102 Å². The van der Waals surface area contributed by atoms with E-state index in [-0.39, 0.29) is 0 Å². The van der Waals surface area contributed by atoms with Gasteiger partial charge in [0.05, 0.1) is 0 Å². The number of hydrogen-bond donors (Lipinski definition) is 0. The molecule has 0 aliphatic carbocycles. The van der Waals surface area contributed by atoms with Gasteiger partial charge in [0.1, 0.15) is 0 Å². The van der Waals surface area contributed by atoms with Crippen LogP contribution in [0.25, 0.3) is 112 Å². The molecule has 0 bridgehead atoms. The van der Waals surface area contributed by atoms with Crippen molar-refractivity contribution in [3.63, 3.8) is 0 Å². The number of rotatable bonds is 9. The number of nitrogens with zero attached hydrogens (tertiary/aromatic N) is 3. The number of hydrogen-bond acceptors (Lipinski definition) is 3. The molecule has 1 heterocycles. The van der Waals surface area contributed by atoms with E-state index in [2.05, 4.69) is 188 Å². The second kappa shape index (κ2) is 17.1. The Kier molecular flexibility index (Phi) is 10.3. The highest BCUT2D eigenvalue weighted by Gasteiger charge is 2.17. The van der Waals surface area contributed by atoms with Crippen LogP contribution in [0.3, 0.4) is 0 Å². The molecule has 0 spiro atoms. The van der Waals surface area contributed by atoms with Crippen molar-refractivity contribution in [1.82, 2.24) is 15.0 Å². The molecule has 11 rings (SSSR count). The molecule has 0 aliphatic heterocycles. The fourth-order valence-electron chi connectivity index (χ4n) is 8.65. The van der Waals surface area contributed by atoms with Crippen LogP contribution in [0.15, 0.2) is 249 Å². The molecule has 0 aliphatic rings. The quantitative estimate of drug-likeness (QED) is 0.146. The van der Waals surface area contributed by atoms with E-state index < -0.39 is 0 Å². The molecule has 0 saturated heterocycles. The first-order valence-electron chi connectivity index (χ1n) is 21.7. The predicted molar refractivity (Wildman–Crippen MR) is 266 cm³/mol. The van der Waals surface area contributed by atoms with Crippen molar-refractivity contribution >= 4 is 10.8 Å². The fraction of sp³-hybridized carbons (Fsp3) is 0. The van der Waals surface area contributed by atoms with Crippen molar-refractivity contribution in [2.24, 2.45) is 0 Å². The first kappa shape index (κ1) is 38.4. The molecular weight excluding hydrogens is 775 g/mol. The van der Waals surface area contributed by atoms with Crippen LogP contribution in [0.4, 0.5) is 0 Å². The van der Waals surface area contributed by atoms with E-state index in [9.17, 15) is 0 Å². The minimum Gasteiger partial charge on any atom is -0.208 e. The van der Waals surface area contributed by atoms with Gasteiger partial charge in [-0.2, -0.15) is 0 Å². The van der Waals surface area contributed by atoms with Gasteiger partial charge in [0.2, 0.25) is 0 Å². The van der Waals surface area contributed by atoms with Crippen molar-refractivity contribution in [3.05, 3.63) is 249 Å². The summed E-state index contributed by atoms with van der Waals surface area (Å²) in [6.07, 6.45) is 0. The molecule has 0 unspecified atom stereocenters. The molecule has 11 aromatic rings. The zero-order valence-electron chi connectivity index (χ0n) is 35.0. The first-order valence-corrected chi connectivity index (χ1v) is 21.7. The molecule has 0 atom stereocenters. The van der Waals surface area contributed by atoms with E-state index in [4.69, 9.17) is 15.0 Å². The van der Waals surface area contributed by atoms with Crippen LogP contribution in [-0.2, 0) is 0 Å². The maximum Gasteiger partial charge on any atom is 0.164 e. The summed E-state index contributed by atoms with van der Waals surface area (Å²) in [5.74, 6) is 1.89. The Hall–Kier alpha value is -8.53. The molecule has 0 amide bonds. The Morgan fingerprint density at radius 1 is 0.188 bits per heavy atom. The van der Waals surface area contributed by atoms with Crippen LogP contribution in [0.5, 0.6) is 0 Å². The van der Waals surface area contributed by atoms with Crippen LogP contribution < -0.4 is 0 Å². The van der Waals surface area contributed by atoms with Crippen molar-refractivity contribution in [1.29, 1.82) is 0 Å². The van der Waals surface area contributed by atoms with Crippen molar-refractivity contribution in [2.75, 3.05) is 0 Å². The molecule has 0 N–H and O–H groups in total. The summed E-state index contributed by atoms with van der Waals surface area (Å²) in [5, 5.41) is 2.49. The van der Waals surface area contributed by atoms with Gasteiger partial charge in [0.15, 0.2) is 17.5 Å². The van der Waals surface area contributed by atoms with E-state index >= 15 is 0 Å². The van der Waals surface area contributed by atoms with E-state index in [1.165, 1.54) is 33.0 Å². The minimum atomic E-state index is 0.621. The molecule has 300 valence electrons. The van der Waals surface area contributed by atoms with Crippen LogP contribution in [0.2, 0.25) is 0 Å². The molecule has 0 fully saturated rings. The van der Waals surface area contributed by atoms with Gasteiger partial charge >= 0.3 is 0 Å². The monoisotopic (exact) mass is 815 g/mol. The third kappa shape index (κ3) is 7.79. The largest absolute Gasteiger partial charge is 0.208 e. The standard InChI is InChI=1S/C61H41N3/c1-5-16-42(17-6-1)43-28-30-44(31-29-43)52-38-53(45-32-34-48(35-33-45)56-27-15-25-46-20-13-14-26-55(46)56)40-54(39-52)57-37-36-51(41-58(57)47-18-7-2-8-19-47)61-63-59(49-21-9-3-10-22-49)62-60(64-61)50-23-11-4-12-24-50/h1-41H. The zero-order valence-corrected chi connectivity index (χ0v) is 35.0. The number of benzene rings is 10. The van der Waals surface area contributed by atoms with Gasteiger partial charge < -0.3 is 0 Å². The maximum absolute atomic E-state index is 5.10. The van der Waals surface area contributed by atoms with Crippen LogP contribution in [-0.4, -0.2) is 15.0 Å². The lowest BCUT2D eigenvalue weighted by molar-refractivity contribution is 1.07. The number of fused-ring (bicyclic) bond motifs is 1. The van der Waals surface area contributed by atoms with E-state index in [1.807, 2.05) is 60.7 Å². The molecule has 1 aromatic heterocycles. The average Bonchev–Trinajstić information content (AvgIpc) is 3.39. The lowest BCUT2D eigenvalue weighted by atomic mass is 9.88. The smallest absolute Gasteiger partial charge is 0.164 e. The maximum atomic E-state index is 5.10. The van der Waals surface area contributed by atoms with E-state index in [0.717, 1.165) is 61.2 Å². The van der Waals surface area contributed by atoms with E-state index in [0.29, 0.717) is 17.5 Å². The third-order valence-electron chi connectivity index (χ3n) is 12.0. The normalized spacial score (nSPS) is 11.1. The number of aromatic nitrogens is 3. The van der Waals surface area contributed by atoms with Crippen molar-refractivity contribution in [3.8, 4) is 101 Å². The summed E-state index contributed by atoms with van der Waals surface area (Å²) in [6.45, 7) is 0. The SMILES string of the molecule is c1ccc(-c2ccc(-c3cc(-c4ccc(-c5cccc6ccccc56)cc4)cc(-c4ccc(-c5nc(-c6ccccc6)nc(-c6ccccc6)n5)cc4-c4ccccc4)c3)cc2)cc1. The first-order chi connectivity index (χ1) is 31.7. The molecule has 0 saturated carbocycles. The second-order valence-electron chi connectivity index (χ2n) is 16.0. The lowest BCUT2D eigenvalue weighted by Crippen LogP contribution is -2.00. The summed E-state index contributed by atoms with van der Waals surface area (Å²) < 4.78 is 0. The van der Waals surface area contributed by atoms with Gasteiger partial charge in [-0.25, -0.2) is 15.0 Å². The minimum absolute atomic E-state index is 0.621. The zero-order chi connectivity index (χ0) is 42.7. The topological polar surface area (TPSA) is 38.7 Å². The highest BCUT2D eigenvalue weighted by molar-refractivity contribution is 5.97. The lowest BCUT2D eigenvalue weighted by Gasteiger charge is -2.17. The van der Waals surface area contributed by atoms with Crippen LogP contribution in [0.1, 0.15) is 0 Å². The third-order valence-corrected chi connectivity index (χ3v) is 12.0. The molecule has 3 nitrogen and oxygen atoms in total. The van der Waals surface area contributed by atoms with E-state index in [1.54, 1.807) is 0 Å². The Bertz CT molecular complexity index is 3320. The highest BCUT2D eigenvalue weighted by atomic mass is 15.0. The van der Waals surface area contributed by atoms with Crippen LogP contribution in [0, 0.1) is 0 Å². The summed E-state index contributed by atoms with van der Waals surface area (Å²) in [6, 6.07) is 88.2. The second-order valence-corrected chi connectivity index (χ2v) is 16.0. The molecule has 10 aromatic carbocycles. The predicted octanol–water partition coefficient (Wildman–Crippen LogP) is 16.0. The molecule has 3 heteroatoms. The molecule has 64 heavy (non-hydrogen) atoms. The average molecular weight is 816 g/mol. The van der Waals surface area contributed by atoms with Gasteiger partial charge in [-0.3, -0.25) is 0 Å². The van der Waals surface area contributed by atoms with Crippen molar-refractivity contribution < 1.29 is 0 Å². The summed E-state index contributed by atoms with van der Waals surface area (Å²) >= 11 is 0. The van der Waals surface area contributed by atoms with Crippen LogP contribution >= 0.6 is 0 Å². The summed E-state index contributed by atoms with van der Waals surface area (Å²) in [5.41, 5.74) is 16.6. The van der Waals surface area contributed by atoms with Gasteiger partial charge in [-0.15, -0.1) is 0 Å². The Labute approximate surface area is 373 Å². The van der Waals surface area contributed by atoms with Gasteiger partial charge in [0.25, 0.3) is 0 Å². The molecule has 0 radical (unpaired) electrons. The Balaban J connectivity index is 1.06. The fourth-order valence-corrected chi connectivity index (χ4v) is 8.65. The Morgan fingerprint density at radius 3 is 1.12 bits per heavy atom. The molecular formula is C61H41N3. The van der Waals surface area contributed by atoms with Gasteiger partial charge in [-0.1, -0.05) is 224 Å². The highest BCUT2D eigenvalue weighted by Crippen LogP contribution is 2.41.